The Morgan fingerprint density at radius 2 is 2.00 bits per heavy atom. The molecule has 1 aromatic carbocycles. The number of furan rings is 1. The van der Waals surface area contributed by atoms with Crippen LogP contribution in [0.3, 0.4) is 0 Å². The van der Waals surface area contributed by atoms with Crippen molar-refractivity contribution in [3.8, 4) is 16.3 Å². The number of methoxy groups -OCH3 is 1. The standard InChI is InChI=1S/C19H18BrN3O3S/c1-25-14-5-3-2-4-13(14)18-22-21-17(27-18)12-8-10-23(11-9-12)19(24)15-6-7-16(20)26-15/h2-7,12H,8-11H2,1H3. The summed E-state index contributed by atoms with van der Waals surface area (Å²) in [6.07, 6.45) is 1.74. The SMILES string of the molecule is COc1ccccc1-c1nnc(C2CCN(C(=O)c3ccc(Br)o3)CC2)s1. The van der Waals surface area contributed by atoms with Gasteiger partial charge in [0.05, 0.1) is 12.7 Å². The van der Waals surface area contributed by atoms with Gasteiger partial charge in [0.2, 0.25) is 0 Å². The molecule has 0 aliphatic carbocycles. The number of likely N-dealkylation sites (tertiary alicyclic amines) is 1. The average molecular weight is 448 g/mol. The van der Waals surface area contributed by atoms with Crippen LogP contribution in [0.1, 0.15) is 34.3 Å². The minimum atomic E-state index is -0.0638. The maximum Gasteiger partial charge on any atom is 0.289 e. The van der Waals surface area contributed by atoms with Gasteiger partial charge in [-0.05, 0) is 53.0 Å². The molecule has 6 nitrogen and oxygen atoms in total. The summed E-state index contributed by atoms with van der Waals surface area (Å²) in [6.45, 7) is 1.37. The zero-order chi connectivity index (χ0) is 18.8. The van der Waals surface area contributed by atoms with Crippen molar-refractivity contribution in [2.75, 3.05) is 20.2 Å². The maximum absolute atomic E-state index is 12.5. The second kappa shape index (κ2) is 7.82. The Bertz CT molecular complexity index is 947. The van der Waals surface area contributed by atoms with E-state index in [4.69, 9.17) is 9.15 Å². The van der Waals surface area contributed by atoms with Gasteiger partial charge in [0.1, 0.15) is 10.8 Å². The second-order valence-electron chi connectivity index (χ2n) is 6.32. The normalized spacial score (nSPS) is 15.1. The van der Waals surface area contributed by atoms with Gasteiger partial charge in [0.15, 0.2) is 15.4 Å². The predicted molar refractivity (Wildman–Crippen MR) is 106 cm³/mol. The van der Waals surface area contributed by atoms with Crippen molar-refractivity contribution < 1.29 is 13.9 Å². The van der Waals surface area contributed by atoms with E-state index in [-0.39, 0.29) is 5.91 Å². The van der Waals surface area contributed by atoms with Gasteiger partial charge in [-0.3, -0.25) is 4.79 Å². The molecule has 0 bridgehead atoms. The molecule has 0 unspecified atom stereocenters. The van der Waals surface area contributed by atoms with Crippen molar-refractivity contribution in [2.45, 2.75) is 18.8 Å². The van der Waals surface area contributed by atoms with E-state index in [0.29, 0.717) is 29.4 Å². The van der Waals surface area contributed by atoms with E-state index in [2.05, 4.69) is 26.1 Å². The molecule has 27 heavy (non-hydrogen) atoms. The first kappa shape index (κ1) is 18.2. The van der Waals surface area contributed by atoms with E-state index in [0.717, 1.165) is 34.2 Å². The van der Waals surface area contributed by atoms with Crippen LogP contribution in [0.25, 0.3) is 10.6 Å². The summed E-state index contributed by atoms with van der Waals surface area (Å²) in [5.41, 5.74) is 0.958. The highest BCUT2D eigenvalue weighted by molar-refractivity contribution is 9.10. The van der Waals surface area contributed by atoms with E-state index < -0.39 is 0 Å². The molecule has 4 rings (SSSR count). The molecule has 0 atom stereocenters. The highest BCUT2D eigenvalue weighted by Gasteiger charge is 2.28. The monoisotopic (exact) mass is 447 g/mol. The van der Waals surface area contributed by atoms with Crippen LogP contribution in [0.5, 0.6) is 5.75 Å². The molecule has 3 heterocycles. The number of para-hydroxylation sites is 1. The molecule has 1 saturated heterocycles. The number of aromatic nitrogens is 2. The van der Waals surface area contributed by atoms with Gasteiger partial charge in [-0.1, -0.05) is 23.5 Å². The molecule has 1 amide bonds. The van der Waals surface area contributed by atoms with E-state index in [1.807, 2.05) is 29.2 Å². The summed E-state index contributed by atoms with van der Waals surface area (Å²) in [6, 6.07) is 11.3. The number of piperidine rings is 1. The third kappa shape index (κ3) is 3.77. The maximum atomic E-state index is 12.5. The van der Waals surface area contributed by atoms with Crippen LogP contribution in [0.2, 0.25) is 0 Å². The van der Waals surface area contributed by atoms with Crippen molar-refractivity contribution >= 4 is 33.2 Å². The zero-order valence-electron chi connectivity index (χ0n) is 14.7. The van der Waals surface area contributed by atoms with Crippen LogP contribution in [0.4, 0.5) is 0 Å². The summed E-state index contributed by atoms with van der Waals surface area (Å²) in [5.74, 6) is 1.42. The molecule has 0 N–H and O–H groups in total. The zero-order valence-corrected chi connectivity index (χ0v) is 17.1. The Morgan fingerprint density at radius 3 is 2.70 bits per heavy atom. The highest BCUT2D eigenvalue weighted by Crippen LogP contribution is 2.36. The lowest BCUT2D eigenvalue weighted by molar-refractivity contribution is 0.0679. The fourth-order valence-corrected chi connectivity index (χ4v) is 4.59. The molecule has 0 radical (unpaired) electrons. The first-order valence-electron chi connectivity index (χ1n) is 8.67. The number of carbonyl (C=O) groups excluding carboxylic acids is 1. The van der Waals surface area contributed by atoms with Crippen LogP contribution < -0.4 is 4.74 Å². The molecule has 1 aliphatic heterocycles. The lowest BCUT2D eigenvalue weighted by Crippen LogP contribution is -2.37. The third-order valence-electron chi connectivity index (χ3n) is 4.69. The number of benzene rings is 1. The average Bonchev–Trinajstić information content (AvgIpc) is 3.37. The lowest BCUT2D eigenvalue weighted by atomic mass is 9.97. The van der Waals surface area contributed by atoms with Gasteiger partial charge < -0.3 is 14.1 Å². The fraction of sp³-hybridized carbons (Fsp3) is 0.316. The van der Waals surface area contributed by atoms with Crippen molar-refractivity contribution in [3.05, 3.63) is 51.8 Å². The Kier molecular flexibility index (Phi) is 5.27. The number of halogens is 1. The number of amides is 1. The van der Waals surface area contributed by atoms with Crippen LogP contribution in [0.15, 0.2) is 45.5 Å². The third-order valence-corrected chi connectivity index (χ3v) is 6.24. The van der Waals surface area contributed by atoms with Gasteiger partial charge in [0.25, 0.3) is 5.91 Å². The highest BCUT2D eigenvalue weighted by atomic mass is 79.9. The van der Waals surface area contributed by atoms with Crippen molar-refractivity contribution in [3.63, 3.8) is 0 Å². The number of carbonyl (C=O) groups is 1. The number of rotatable bonds is 4. The number of hydrogen-bond acceptors (Lipinski definition) is 6. The van der Waals surface area contributed by atoms with E-state index >= 15 is 0 Å². The molecule has 0 spiro atoms. The molecule has 3 aromatic rings. The molecule has 8 heteroatoms. The van der Waals surface area contributed by atoms with Crippen LogP contribution in [0, 0.1) is 0 Å². The topological polar surface area (TPSA) is 68.5 Å². The summed E-state index contributed by atoms with van der Waals surface area (Å²) >= 11 is 4.84. The molecule has 140 valence electrons. The van der Waals surface area contributed by atoms with Gasteiger partial charge in [-0.25, -0.2) is 0 Å². The number of nitrogens with zero attached hydrogens (tertiary/aromatic N) is 3. The van der Waals surface area contributed by atoms with Gasteiger partial charge >= 0.3 is 0 Å². The Hall–Kier alpha value is -2.19. The molecule has 1 aliphatic rings. The fourth-order valence-electron chi connectivity index (χ4n) is 3.24. The van der Waals surface area contributed by atoms with Crippen molar-refractivity contribution in [1.29, 1.82) is 0 Å². The Balaban J connectivity index is 1.43. The summed E-state index contributed by atoms with van der Waals surface area (Å²) in [4.78, 5) is 14.3. The minimum absolute atomic E-state index is 0.0638. The van der Waals surface area contributed by atoms with E-state index in [9.17, 15) is 4.79 Å². The summed E-state index contributed by atoms with van der Waals surface area (Å²) < 4.78 is 11.4. The Labute approximate surface area is 169 Å². The van der Waals surface area contributed by atoms with Crippen LogP contribution in [-0.4, -0.2) is 41.2 Å². The van der Waals surface area contributed by atoms with Crippen molar-refractivity contribution in [2.24, 2.45) is 0 Å². The predicted octanol–water partition coefficient (Wildman–Crippen LogP) is 4.59. The van der Waals surface area contributed by atoms with E-state index in [1.54, 1.807) is 30.6 Å². The van der Waals surface area contributed by atoms with E-state index in [1.165, 1.54) is 0 Å². The first-order valence-corrected chi connectivity index (χ1v) is 10.3. The first-order chi connectivity index (χ1) is 13.2. The molecule has 2 aromatic heterocycles. The Morgan fingerprint density at radius 1 is 1.22 bits per heavy atom. The number of hydrogen-bond donors (Lipinski definition) is 0. The molecular formula is C19H18BrN3O3S. The van der Waals surface area contributed by atoms with Crippen LogP contribution >= 0.6 is 27.3 Å². The largest absolute Gasteiger partial charge is 0.496 e. The van der Waals surface area contributed by atoms with Gasteiger partial charge in [-0.2, -0.15) is 0 Å². The van der Waals surface area contributed by atoms with Crippen molar-refractivity contribution in [1.82, 2.24) is 15.1 Å². The smallest absolute Gasteiger partial charge is 0.289 e. The number of ether oxygens (including phenoxy) is 1. The lowest BCUT2D eigenvalue weighted by Gasteiger charge is -2.30. The molecule has 0 saturated carbocycles. The van der Waals surface area contributed by atoms with Crippen LogP contribution in [-0.2, 0) is 0 Å². The van der Waals surface area contributed by atoms with Gasteiger partial charge in [-0.15, -0.1) is 10.2 Å². The molecule has 1 fully saturated rings. The minimum Gasteiger partial charge on any atom is -0.496 e. The quantitative estimate of drug-likeness (QED) is 0.584. The van der Waals surface area contributed by atoms with Gasteiger partial charge in [0, 0.05) is 19.0 Å². The molecular weight excluding hydrogens is 430 g/mol. The summed E-state index contributed by atoms with van der Waals surface area (Å²) in [7, 11) is 1.66. The second-order valence-corrected chi connectivity index (χ2v) is 8.11. The summed E-state index contributed by atoms with van der Waals surface area (Å²) in [5, 5.41) is 10.7.